The largest absolute Gasteiger partial charge is 0.475 e. The molecule has 0 aromatic carbocycles. The number of carbonyl (C=O) groups is 1. The van der Waals surface area contributed by atoms with Gasteiger partial charge in [0.2, 0.25) is 11.7 Å². The number of aryl methyl sites for hydroxylation is 2. The highest BCUT2D eigenvalue weighted by Crippen LogP contribution is 2.25. The second-order valence-corrected chi connectivity index (χ2v) is 3.13. The molecule has 1 N–H and O–H groups in total. The van der Waals surface area contributed by atoms with E-state index >= 15 is 0 Å². The van der Waals surface area contributed by atoms with Crippen LogP contribution in [0.3, 0.4) is 0 Å². The molecule has 2 aromatic rings. The lowest BCUT2D eigenvalue weighted by molar-refractivity contribution is 0.0662. The van der Waals surface area contributed by atoms with Crippen molar-refractivity contribution in [2.75, 3.05) is 0 Å². The van der Waals surface area contributed by atoms with Gasteiger partial charge in [-0.15, -0.1) is 0 Å². The number of rotatable bonds is 2. The molecule has 0 aliphatic carbocycles. The molecule has 0 aliphatic rings. The van der Waals surface area contributed by atoms with E-state index in [1.54, 1.807) is 19.9 Å². The number of aromatic carboxylic acids is 1. The molecule has 5 nitrogen and oxygen atoms in total. The average molecular weight is 207 g/mol. The first-order valence-electron chi connectivity index (χ1n) is 4.35. The van der Waals surface area contributed by atoms with E-state index in [9.17, 15) is 4.79 Å². The molecule has 0 spiro atoms. The molecule has 0 fully saturated rings. The number of hydrogen-bond donors (Lipinski definition) is 1. The quantitative estimate of drug-likeness (QED) is 0.817. The van der Waals surface area contributed by atoms with Crippen molar-refractivity contribution in [1.82, 2.24) is 4.98 Å². The lowest BCUT2D eigenvalue weighted by Crippen LogP contribution is -1.95. The Bertz CT molecular complexity index is 509. The van der Waals surface area contributed by atoms with Crippen LogP contribution < -0.4 is 0 Å². The Morgan fingerprint density at radius 2 is 2.20 bits per heavy atom. The highest BCUT2D eigenvalue weighted by Gasteiger charge is 2.18. The van der Waals surface area contributed by atoms with Gasteiger partial charge in [0.25, 0.3) is 0 Å². The summed E-state index contributed by atoms with van der Waals surface area (Å²) >= 11 is 0. The summed E-state index contributed by atoms with van der Waals surface area (Å²) in [6, 6.07) is 1.69. The molecule has 2 rings (SSSR count). The zero-order valence-electron chi connectivity index (χ0n) is 8.27. The zero-order chi connectivity index (χ0) is 11.0. The highest BCUT2D eigenvalue weighted by molar-refractivity contribution is 5.86. The standard InChI is InChI=1S/C10H9NO4/c1-5-8(10(12)13)15-9(11-5)7-3-4-14-6(7)2/h3-4H,1-2H3,(H,12,13). The minimum absolute atomic E-state index is 0.134. The van der Waals surface area contributed by atoms with Crippen LogP contribution >= 0.6 is 0 Å². The smallest absolute Gasteiger partial charge is 0.373 e. The predicted octanol–water partition coefficient (Wildman–Crippen LogP) is 2.25. The highest BCUT2D eigenvalue weighted by atomic mass is 16.4. The summed E-state index contributed by atoms with van der Waals surface area (Å²) in [5.74, 6) is -0.331. The lowest BCUT2D eigenvalue weighted by atomic mass is 10.3. The molecule has 0 saturated carbocycles. The number of carboxylic acid groups (broad SMARTS) is 1. The van der Waals surface area contributed by atoms with Crippen LogP contribution in [-0.4, -0.2) is 16.1 Å². The van der Waals surface area contributed by atoms with Crippen LogP contribution in [0, 0.1) is 13.8 Å². The topological polar surface area (TPSA) is 76.5 Å². The van der Waals surface area contributed by atoms with Gasteiger partial charge < -0.3 is 13.9 Å². The van der Waals surface area contributed by atoms with E-state index in [0.29, 0.717) is 17.0 Å². The second-order valence-electron chi connectivity index (χ2n) is 3.13. The van der Waals surface area contributed by atoms with E-state index in [1.807, 2.05) is 0 Å². The zero-order valence-corrected chi connectivity index (χ0v) is 8.27. The van der Waals surface area contributed by atoms with E-state index in [0.717, 1.165) is 0 Å². The summed E-state index contributed by atoms with van der Waals surface area (Å²) in [5.41, 5.74) is 1.03. The maximum atomic E-state index is 10.7. The first kappa shape index (κ1) is 9.51. The van der Waals surface area contributed by atoms with Crippen LogP contribution in [0.25, 0.3) is 11.5 Å². The van der Waals surface area contributed by atoms with Gasteiger partial charge in [-0.05, 0) is 19.9 Å². The van der Waals surface area contributed by atoms with Crippen LogP contribution in [0.4, 0.5) is 0 Å². The SMILES string of the molecule is Cc1nc(-c2ccoc2C)oc1C(=O)O. The fraction of sp³-hybridized carbons (Fsp3) is 0.200. The third-order valence-electron chi connectivity index (χ3n) is 2.08. The van der Waals surface area contributed by atoms with Crippen molar-refractivity contribution in [2.45, 2.75) is 13.8 Å². The van der Waals surface area contributed by atoms with E-state index < -0.39 is 5.97 Å². The summed E-state index contributed by atoms with van der Waals surface area (Å²) in [6.45, 7) is 3.35. The number of oxazole rings is 1. The van der Waals surface area contributed by atoms with Gasteiger partial charge in [0, 0.05) is 0 Å². The van der Waals surface area contributed by atoms with Crippen LogP contribution in [0.1, 0.15) is 22.0 Å². The number of aromatic nitrogens is 1. The first-order chi connectivity index (χ1) is 7.09. The van der Waals surface area contributed by atoms with E-state index in [-0.39, 0.29) is 11.7 Å². The van der Waals surface area contributed by atoms with Crippen LogP contribution in [0.15, 0.2) is 21.2 Å². The summed E-state index contributed by atoms with van der Waals surface area (Å²) < 4.78 is 10.2. The van der Waals surface area contributed by atoms with Crippen molar-refractivity contribution in [3.05, 3.63) is 29.5 Å². The number of nitrogens with zero attached hydrogens (tertiary/aromatic N) is 1. The van der Waals surface area contributed by atoms with Gasteiger partial charge in [0.1, 0.15) is 5.76 Å². The molecule has 0 amide bonds. The summed E-state index contributed by atoms with van der Waals surface area (Å²) in [7, 11) is 0. The molecule has 0 bridgehead atoms. The van der Waals surface area contributed by atoms with Crippen molar-refractivity contribution in [3.8, 4) is 11.5 Å². The van der Waals surface area contributed by atoms with Gasteiger partial charge in [-0.1, -0.05) is 0 Å². The Morgan fingerprint density at radius 1 is 1.47 bits per heavy atom. The Hall–Kier alpha value is -2.04. The normalized spacial score (nSPS) is 10.5. The van der Waals surface area contributed by atoms with Gasteiger partial charge in [-0.2, -0.15) is 0 Å². The maximum Gasteiger partial charge on any atom is 0.373 e. The molecule has 15 heavy (non-hydrogen) atoms. The van der Waals surface area contributed by atoms with Crippen molar-refractivity contribution >= 4 is 5.97 Å². The molecule has 0 radical (unpaired) electrons. The maximum absolute atomic E-state index is 10.7. The Kier molecular flexibility index (Phi) is 2.07. The van der Waals surface area contributed by atoms with E-state index in [4.69, 9.17) is 13.9 Å². The van der Waals surface area contributed by atoms with Crippen LogP contribution in [-0.2, 0) is 0 Å². The monoisotopic (exact) mass is 207 g/mol. The Balaban J connectivity index is 2.52. The molecule has 2 aromatic heterocycles. The molecule has 0 saturated heterocycles. The van der Waals surface area contributed by atoms with Crippen LogP contribution in [0.2, 0.25) is 0 Å². The molecule has 0 unspecified atom stereocenters. The third-order valence-corrected chi connectivity index (χ3v) is 2.08. The fourth-order valence-corrected chi connectivity index (χ4v) is 1.32. The minimum Gasteiger partial charge on any atom is -0.475 e. The van der Waals surface area contributed by atoms with Gasteiger partial charge in [0.05, 0.1) is 17.5 Å². The molecule has 2 heterocycles. The number of hydrogen-bond acceptors (Lipinski definition) is 4. The van der Waals surface area contributed by atoms with Crippen molar-refractivity contribution in [2.24, 2.45) is 0 Å². The van der Waals surface area contributed by atoms with Crippen molar-refractivity contribution < 1.29 is 18.7 Å². The number of furan rings is 1. The van der Waals surface area contributed by atoms with Gasteiger partial charge in [-0.25, -0.2) is 9.78 Å². The Morgan fingerprint density at radius 3 is 2.67 bits per heavy atom. The molecule has 78 valence electrons. The molecule has 0 atom stereocenters. The lowest BCUT2D eigenvalue weighted by Gasteiger charge is -1.89. The molecule has 0 aliphatic heterocycles. The van der Waals surface area contributed by atoms with Gasteiger partial charge >= 0.3 is 5.97 Å². The van der Waals surface area contributed by atoms with Gasteiger partial charge in [-0.3, -0.25) is 0 Å². The molecule has 5 heteroatoms. The molecular weight excluding hydrogens is 198 g/mol. The second kappa shape index (κ2) is 3.27. The predicted molar refractivity (Wildman–Crippen MR) is 50.6 cm³/mol. The summed E-state index contributed by atoms with van der Waals surface area (Å²) in [4.78, 5) is 14.8. The average Bonchev–Trinajstić information content (AvgIpc) is 2.71. The summed E-state index contributed by atoms with van der Waals surface area (Å²) in [6.07, 6.45) is 1.50. The Labute approximate surface area is 85.3 Å². The molecular formula is C10H9NO4. The van der Waals surface area contributed by atoms with E-state index in [2.05, 4.69) is 4.98 Å². The van der Waals surface area contributed by atoms with Crippen LogP contribution in [0.5, 0.6) is 0 Å². The summed E-state index contributed by atoms with van der Waals surface area (Å²) in [5, 5.41) is 8.79. The number of carboxylic acids is 1. The van der Waals surface area contributed by atoms with Crippen molar-refractivity contribution in [1.29, 1.82) is 0 Å². The minimum atomic E-state index is -1.12. The first-order valence-corrected chi connectivity index (χ1v) is 4.35. The van der Waals surface area contributed by atoms with Gasteiger partial charge in [0.15, 0.2) is 0 Å². The van der Waals surface area contributed by atoms with Crippen molar-refractivity contribution in [3.63, 3.8) is 0 Å². The third kappa shape index (κ3) is 1.52. The fourth-order valence-electron chi connectivity index (χ4n) is 1.32. The van der Waals surface area contributed by atoms with E-state index in [1.165, 1.54) is 6.26 Å².